The van der Waals surface area contributed by atoms with Gasteiger partial charge in [-0.1, -0.05) is 17.7 Å². The summed E-state index contributed by atoms with van der Waals surface area (Å²) in [5.74, 6) is 1.28. The smallest absolute Gasteiger partial charge is 0.238 e. The molecule has 0 saturated carbocycles. The number of carbonyl (C=O) groups is 1. The molecule has 0 heterocycles. The maximum atomic E-state index is 12.1. The summed E-state index contributed by atoms with van der Waals surface area (Å²) in [6.07, 6.45) is 0. The van der Waals surface area contributed by atoms with Gasteiger partial charge < -0.3 is 14.8 Å². The van der Waals surface area contributed by atoms with E-state index in [2.05, 4.69) is 5.32 Å². The third kappa shape index (κ3) is 5.15. The minimum absolute atomic E-state index is 0.0831. The number of likely N-dealkylation sites (N-methyl/N-ethyl adjacent to an activating group) is 1. The Morgan fingerprint density at radius 2 is 1.75 bits per heavy atom. The van der Waals surface area contributed by atoms with Crippen LogP contribution in [-0.2, 0) is 11.3 Å². The van der Waals surface area contributed by atoms with Crippen LogP contribution in [0, 0.1) is 0 Å². The minimum Gasteiger partial charge on any atom is -0.493 e. The largest absolute Gasteiger partial charge is 0.493 e. The van der Waals surface area contributed by atoms with E-state index in [1.807, 2.05) is 30.1 Å². The fourth-order valence-electron chi connectivity index (χ4n) is 2.33. The number of methoxy groups -OCH3 is 2. The van der Waals surface area contributed by atoms with Crippen molar-refractivity contribution in [3.8, 4) is 11.5 Å². The monoisotopic (exact) mass is 348 g/mol. The van der Waals surface area contributed by atoms with Crippen LogP contribution in [0.3, 0.4) is 0 Å². The second kappa shape index (κ2) is 8.57. The molecule has 0 atom stereocenters. The molecular weight excluding hydrogens is 328 g/mol. The van der Waals surface area contributed by atoms with E-state index >= 15 is 0 Å². The predicted octanol–water partition coefficient (Wildman–Crippen LogP) is 3.43. The fourth-order valence-corrected chi connectivity index (χ4v) is 2.45. The zero-order valence-corrected chi connectivity index (χ0v) is 14.8. The highest BCUT2D eigenvalue weighted by Gasteiger charge is 2.10. The van der Waals surface area contributed by atoms with Crippen LogP contribution >= 0.6 is 11.6 Å². The van der Waals surface area contributed by atoms with Gasteiger partial charge in [-0.15, -0.1) is 0 Å². The van der Waals surface area contributed by atoms with Crippen LogP contribution in [0.4, 0.5) is 5.69 Å². The molecule has 0 aliphatic rings. The lowest BCUT2D eigenvalue weighted by Crippen LogP contribution is -2.29. The third-order valence-corrected chi connectivity index (χ3v) is 3.69. The number of hydrogen-bond donors (Lipinski definition) is 1. The van der Waals surface area contributed by atoms with Gasteiger partial charge in [0.25, 0.3) is 0 Å². The number of ether oxygens (including phenoxy) is 2. The molecule has 6 heteroatoms. The number of hydrogen-bond acceptors (Lipinski definition) is 4. The number of nitrogens with one attached hydrogen (secondary N) is 1. The summed E-state index contributed by atoms with van der Waals surface area (Å²) in [6, 6.07) is 12.7. The highest BCUT2D eigenvalue weighted by Crippen LogP contribution is 2.27. The second-order valence-corrected chi connectivity index (χ2v) is 5.85. The number of amides is 1. The van der Waals surface area contributed by atoms with Gasteiger partial charge in [0.05, 0.1) is 20.8 Å². The molecule has 0 aliphatic heterocycles. The van der Waals surface area contributed by atoms with Gasteiger partial charge in [-0.25, -0.2) is 0 Å². The first-order valence-corrected chi connectivity index (χ1v) is 7.84. The van der Waals surface area contributed by atoms with E-state index in [0.29, 0.717) is 23.1 Å². The van der Waals surface area contributed by atoms with Gasteiger partial charge in [0, 0.05) is 17.3 Å². The van der Waals surface area contributed by atoms with Gasteiger partial charge in [0.15, 0.2) is 11.5 Å². The molecule has 2 rings (SSSR count). The lowest BCUT2D eigenvalue weighted by atomic mass is 10.2. The van der Waals surface area contributed by atoms with Gasteiger partial charge in [0.1, 0.15) is 0 Å². The summed E-state index contributed by atoms with van der Waals surface area (Å²) >= 11 is 5.83. The number of benzene rings is 2. The van der Waals surface area contributed by atoms with E-state index in [1.165, 1.54) is 0 Å². The predicted molar refractivity (Wildman–Crippen MR) is 96.0 cm³/mol. The molecule has 0 unspecified atom stereocenters. The molecule has 0 saturated heterocycles. The van der Waals surface area contributed by atoms with Crippen molar-refractivity contribution in [3.63, 3.8) is 0 Å². The van der Waals surface area contributed by atoms with E-state index in [0.717, 1.165) is 11.3 Å². The second-order valence-electron chi connectivity index (χ2n) is 5.42. The van der Waals surface area contributed by atoms with Crippen molar-refractivity contribution in [1.29, 1.82) is 0 Å². The summed E-state index contributed by atoms with van der Waals surface area (Å²) in [4.78, 5) is 14.0. The molecular formula is C18H21ClN2O3. The van der Waals surface area contributed by atoms with Crippen molar-refractivity contribution < 1.29 is 14.3 Å². The molecule has 0 spiro atoms. The van der Waals surface area contributed by atoms with Gasteiger partial charge in [-0.2, -0.15) is 0 Å². The van der Waals surface area contributed by atoms with Crippen molar-refractivity contribution >= 4 is 23.2 Å². The van der Waals surface area contributed by atoms with E-state index < -0.39 is 0 Å². The van der Waals surface area contributed by atoms with Crippen LogP contribution in [0.25, 0.3) is 0 Å². The lowest BCUT2D eigenvalue weighted by molar-refractivity contribution is -0.117. The van der Waals surface area contributed by atoms with Gasteiger partial charge in [0.2, 0.25) is 5.91 Å². The lowest BCUT2D eigenvalue weighted by Gasteiger charge is -2.17. The molecule has 1 amide bonds. The molecule has 0 fully saturated rings. The number of nitrogens with zero attached hydrogens (tertiary/aromatic N) is 1. The van der Waals surface area contributed by atoms with Crippen molar-refractivity contribution in [3.05, 3.63) is 53.1 Å². The zero-order valence-electron chi connectivity index (χ0n) is 14.0. The Labute approximate surface area is 147 Å². The number of carbonyl (C=O) groups excluding carboxylic acids is 1. The van der Waals surface area contributed by atoms with Gasteiger partial charge in [-0.05, 0) is 49.0 Å². The van der Waals surface area contributed by atoms with Crippen LogP contribution in [0.15, 0.2) is 42.5 Å². The van der Waals surface area contributed by atoms with Crippen molar-refractivity contribution in [2.75, 3.05) is 33.1 Å². The maximum Gasteiger partial charge on any atom is 0.238 e. The Balaban J connectivity index is 1.91. The quantitative estimate of drug-likeness (QED) is 0.833. The van der Waals surface area contributed by atoms with Gasteiger partial charge in [-0.3, -0.25) is 9.69 Å². The minimum atomic E-state index is -0.0831. The molecule has 2 aromatic carbocycles. The van der Waals surface area contributed by atoms with Crippen LogP contribution in [0.5, 0.6) is 11.5 Å². The molecule has 5 nitrogen and oxygen atoms in total. The zero-order chi connectivity index (χ0) is 17.5. The molecule has 0 aliphatic carbocycles. The Morgan fingerprint density at radius 3 is 2.38 bits per heavy atom. The Kier molecular flexibility index (Phi) is 6.46. The summed E-state index contributed by atoms with van der Waals surface area (Å²) < 4.78 is 10.5. The highest BCUT2D eigenvalue weighted by atomic mass is 35.5. The molecule has 2 aromatic rings. The molecule has 24 heavy (non-hydrogen) atoms. The number of anilines is 1. The van der Waals surface area contributed by atoms with Crippen LogP contribution in [0.1, 0.15) is 5.56 Å². The summed E-state index contributed by atoms with van der Waals surface area (Å²) in [6.45, 7) is 0.894. The van der Waals surface area contributed by atoms with E-state index in [-0.39, 0.29) is 12.5 Å². The van der Waals surface area contributed by atoms with Gasteiger partial charge >= 0.3 is 0 Å². The topological polar surface area (TPSA) is 50.8 Å². The van der Waals surface area contributed by atoms with Crippen molar-refractivity contribution in [2.24, 2.45) is 0 Å². The Hall–Kier alpha value is -2.24. The molecule has 1 N–H and O–H groups in total. The van der Waals surface area contributed by atoms with Crippen LogP contribution in [-0.4, -0.2) is 38.6 Å². The average molecular weight is 349 g/mol. The summed E-state index contributed by atoms with van der Waals surface area (Å²) in [5.41, 5.74) is 1.76. The summed E-state index contributed by atoms with van der Waals surface area (Å²) in [5, 5.41) is 3.48. The first kappa shape index (κ1) is 18.1. The molecule has 128 valence electrons. The standard InChI is InChI=1S/C18H21ClN2O3/c1-21(11-13-4-9-16(23-2)17(10-13)24-3)12-18(22)20-15-7-5-14(19)6-8-15/h4-10H,11-12H2,1-3H3,(H,20,22). The van der Waals surface area contributed by atoms with Crippen LogP contribution < -0.4 is 14.8 Å². The maximum absolute atomic E-state index is 12.1. The van der Waals surface area contributed by atoms with Crippen LogP contribution in [0.2, 0.25) is 5.02 Å². The first-order valence-electron chi connectivity index (χ1n) is 7.46. The van der Waals surface area contributed by atoms with E-state index in [4.69, 9.17) is 21.1 Å². The molecule has 0 aromatic heterocycles. The Bertz CT molecular complexity index is 689. The first-order chi connectivity index (χ1) is 11.5. The van der Waals surface area contributed by atoms with Crippen molar-refractivity contribution in [1.82, 2.24) is 4.90 Å². The SMILES string of the molecule is COc1ccc(CN(C)CC(=O)Nc2ccc(Cl)cc2)cc1OC. The molecule has 0 radical (unpaired) electrons. The normalized spacial score (nSPS) is 10.5. The number of rotatable bonds is 7. The van der Waals surface area contributed by atoms with E-state index in [9.17, 15) is 4.79 Å². The average Bonchev–Trinajstić information content (AvgIpc) is 2.56. The third-order valence-electron chi connectivity index (χ3n) is 3.44. The Morgan fingerprint density at radius 1 is 1.08 bits per heavy atom. The fraction of sp³-hybridized carbons (Fsp3) is 0.278. The molecule has 0 bridgehead atoms. The number of halogens is 1. The summed E-state index contributed by atoms with van der Waals surface area (Å²) in [7, 11) is 5.09. The van der Waals surface area contributed by atoms with Crippen molar-refractivity contribution in [2.45, 2.75) is 6.54 Å². The van der Waals surface area contributed by atoms with E-state index in [1.54, 1.807) is 38.5 Å². The highest BCUT2D eigenvalue weighted by molar-refractivity contribution is 6.30.